The van der Waals surface area contributed by atoms with E-state index in [-0.39, 0.29) is 5.54 Å². The van der Waals surface area contributed by atoms with Crippen molar-refractivity contribution >= 4 is 0 Å². The van der Waals surface area contributed by atoms with Crippen LogP contribution >= 0.6 is 0 Å². The Kier molecular flexibility index (Phi) is 4.56. The van der Waals surface area contributed by atoms with Gasteiger partial charge in [0, 0.05) is 24.7 Å². The number of nitrogens with two attached hydrogens (primary N) is 1. The molecule has 0 bridgehead atoms. The minimum atomic E-state index is 0.127. The van der Waals surface area contributed by atoms with Crippen LogP contribution in [0.4, 0.5) is 0 Å². The minimum Gasteiger partial charge on any atom is -0.329 e. The summed E-state index contributed by atoms with van der Waals surface area (Å²) in [5.74, 6) is 0. The number of hydrogen-bond acceptors (Lipinski definition) is 3. The third-order valence-electron chi connectivity index (χ3n) is 3.92. The third-order valence-corrected chi connectivity index (χ3v) is 3.92. The highest BCUT2D eigenvalue weighted by Gasteiger charge is 2.28. The zero-order chi connectivity index (χ0) is 11.5. The SMILES string of the molecule is CCN1CCCC1CN(C)C(C)(C)CN. The molecule has 1 aliphatic heterocycles. The van der Waals surface area contributed by atoms with Crippen LogP contribution in [-0.4, -0.2) is 54.6 Å². The van der Waals surface area contributed by atoms with Crippen LogP contribution in [0.2, 0.25) is 0 Å². The first-order valence-corrected chi connectivity index (χ1v) is 6.16. The summed E-state index contributed by atoms with van der Waals surface area (Å²) in [4.78, 5) is 4.99. The van der Waals surface area contributed by atoms with Gasteiger partial charge in [-0.3, -0.25) is 9.80 Å². The molecule has 1 fully saturated rings. The Morgan fingerprint density at radius 2 is 2.13 bits per heavy atom. The van der Waals surface area contributed by atoms with Crippen molar-refractivity contribution < 1.29 is 0 Å². The van der Waals surface area contributed by atoms with Gasteiger partial charge in [0.05, 0.1) is 0 Å². The lowest BCUT2D eigenvalue weighted by Crippen LogP contribution is -2.51. The van der Waals surface area contributed by atoms with E-state index in [9.17, 15) is 0 Å². The summed E-state index contributed by atoms with van der Waals surface area (Å²) in [5, 5.41) is 0. The van der Waals surface area contributed by atoms with E-state index in [0.717, 1.165) is 19.1 Å². The molecule has 1 atom stereocenters. The molecule has 1 unspecified atom stereocenters. The van der Waals surface area contributed by atoms with Crippen molar-refractivity contribution in [3.05, 3.63) is 0 Å². The molecule has 0 saturated carbocycles. The molecule has 0 aromatic carbocycles. The molecule has 1 aliphatic rings. The third kappa shape index (κ3) is 3.16. The second-order valence-electron chi connectivity index (χ2n) is 5.32. The van der Waals surface area contributed by atoms with Crippen molar-refractivity contribution in [1.82, 2.24) is 9.80 Å². The standard InChI is InChI=1S/C12H27N3/c1-5-15-8-6-7-11(15)9-14(4)12(2,3)10-13/h11H,5-10,13H2,1-4H3. The molecule has 2 N–H and O–H groups in total. The van der Waals surface area contributed by atoms with Gasteiger partial charge in [-0.25, -0.2) is 0 Å². The van der Waals surface area contributed by atoms with Crippen LogP contribution < -0.4 is 5.73 Å². The van der Waals surface area contributed by atoms with E-state index in [1.54, 1.807) is 0 Å². The Hall–Kier alpha value is -0.120. The maximum atomic E-state index is 5.79. The number of likely N-dealkylation sites (N-methyl/N-ethyl adjacent to an activating group) is 2. The summed E-state index contributed by atoms with van der Waals surface area (Å²) in [5.41, 5.74) is 5.92. The highest BCUT2D eigenvalue weighted by atomic mass is 15.2. The molecule has 0 aliphatic carbocycles. The fourth-order valence-corrected chi connectivity index (χ4v) is 2.24. The Labute approximate surface area is 94.6 Å². The van der Waals surface area contributed by atoms with Crippen LogP contribution in [0.25, 0.3) is 0 Å². The molecule has 90 valence electrons. The largest absolute Gasteiger partial charge is 0.329 e. The normalized spacial score (nSPS) is 24.0. The highest BCUT2D eigenvalue weighted by molar-refractivity contribution is 4.86. The van der Waals surface area contributed by atoms with Gasteiger partial charge in [-0.2, -0.15) is 0 Å². The highest BCUT2D eigenvalue weighted by Crippen LogP contribution is 2.20. The summed E-state index contributed by atoms with van der Waals surface area (Å²) in [6.45, 7) is 11.0. The summed E-state index contributed by atoms with van der Waals surface area (Å²) in [6, 6.07) is 0.742. The average molecular weight is 213 g/mol. The fraction of sp³-hybridized carbons (Fsp3) is 1.00. The topological polar surface area (TPSA) is 32.5 Å². The molecule has 3 heteroatoms. The fourth-order valence-electron chi connectivity index (χ4n) is 2.24. The van der Waals surface area contributed by atoms with Crippen molar-refractivity contribution in [3.63, 3.8) is 0 Å². The maximum Gasteiger partial charge on any atom is 0.0273 e. The van der Waals surface area contributed by atoms with Crippen LogP contribution in [0.3, 0.4) is 0 Å². The molecule has 1 saturated heterocycles. The van der Waals surface area contributed by atoms with Gasteiger partial charge >= 0.3 is 0 Å². The lowest BCUT2D eigenvalue weighted by molar-refractivity contribution is 0.117. The van der Waals surface area contributed by atoms with Crippen LogP contribution in [0.5, 0.6) is 0 Å². The maximum absolute atomic E-state index is 5.79. The van der Waals surface area contributed by atoms with Gasteiger partial charge in [-0.05, 0) is 46.8 Å². The number of nitrogens with zero attached hydrogens (tertiary/aromatic N) is 2. The van der Waals surface area contributed by atoms with E-state index >= 15 is 0 Å². The van der Waals surface area contributed by atoms with Crippen molar-refractivity contribution in [3.8, 4) is 0 Å². The molecule has 0 aromatic heterocycles. The van der Waals surface area contributed by atoms with Crippen LogP contribution in [0, 0.1) is 0 Å². The van der Waals surface area contributed by atoms with E-state index in [4.69, 9.17) is 5.73 Å². The first-order chi connectivity index (χ1) is 7.01. The molecular formula is C12H27N3. The van der Waals surface area contributed by atoms with Gasteiger partial charge in [0.25, 0.3) is 0 Å². The molecule has 3 nitrogen and oxygen atoms in total. The van der Waals surface area contributed by atoms with Gasteiger partial charge in [0.1, 0.15) is 0 Å². The second-order valence-corrected chi connectivity index (χ2v) is 5.32. The molecule has 0 spiro atoms. The monoisotopic (exact) mass is 213 g/mol. The molecule has 0 radical (unpaired) electrons. The summed E-state index contributed by atoms with van der Waals surface area (Å²) in [7, 11) is 2.19. The van der Waals surface area contributed by atoms with Gasteiger partial charge in [0.15, 0.2) is 0 Å². The van der Waals surface area contributed by atoms with Crippen molar-refractivity contribution in [1.29, 1.82) is 0 Å². The Bertz CT molecular complexity index is 191. The van der Waals surface area contributed by atoms with E-state index in [2.05, 4.69) is 37.6 Å². The number of rotatable bonds is 5. The Morgan fingerprint density at radius 1 is 1.47 bits per heavy atom. The van der Waals surface area contributed by atoms with E-state index < -0.39 is 0 Å². The molecule has 1 rings (SSSR count). The smallest absolute Gasteiger partial charge is 0.0273 e. The lowest BCUT2D eigenvalue weighted by atomic mass is 10.0. The predicted octanol–water partition coefficient (Wildman–Crippen LogP) is 1.14. The molecule has 15 heavy (non-hydrogen) atoms. The first-order valence-electron chi connectivity index (χ1n) is 6.16. The molecule has 1 heterocycles. The van der Waals surface area contributed by atoms with E-state index in [1.807, 2.05) is 0 Å². The lowest BCUT2D eigenvalue weighted by Gasteiger charge is -2.38. The van der Waals surface area contributed by atoms with Crippen LogP contribution in [0.15, 0.2) is 0 Å². The van der Waals surface area contributed by atoms with Gasteiger partial charge < -0.3 is 5.73 Å². The zero-order valence-corrected chi connectivity index (χ0v) is 10.8. The van der Waals surface area contributed by atoms with E-state index in [1.165, 1.54) is 25.9 Å². The van der Waals surface area contributed by atoms with Crippen molar-refractivity contribution in [2.75, 3.05) is 33.2 Å². The van der Waals surface area contributed by atoms with Crippen LogP contribution in [0.1, 0.15) is 33.6 Å². The summed E-state index contributed by atoms with van der Waals surface area (Å²) in [6.07, 6.45) is 2.70. The van der Waals surface area contributed by atoms with Gasteiger partial charge in [0.2, 0.25) is 0 Å². The quantitative estimate of drug-likeness (QED) is 0.743. The number of hydrogen-bond donors (Lipinski definition) is 1. The molecule has 0 aromatic rings. The Morgan fingerprint density at radius 3 is 2.67 bits per heavy atom. The van der Waals surface area contributed by atoms with Gasteiger partial charge in [-0.15, -0.1) is 0 Å². The second kappa shape index (κ2) is 5.28. The predicted molar refractivity (Wildman–Crippen MR) is 66.0 cm³/mol. The van der Waals surface area contributed by atoms with Gasteiger partial charge in [-0.1, -0.05) is 6.92 Å². The molecule has 0 amide bonds. The summed E-state index contributed by atoms with van der Waals surface area (Å²) < 4.78 is 0. The summed E-state index contributed by atoms with van der Waals surface area (Å²) >= 11 is 0. The minimum absolute atomic E-state index is 0.127. The van der Waals surface area contributed by atoms with Crippen molar-refractivity contribution in [2.24, 2.45) is 5.73 Å². The average Bonchev–Trinajstić information content (AvgIpc) is 2.65. The molecular weight excluding hydrogens is 186 g/mol. The van der Waals surface area contributed by atoms with Crippen molar-refractivity contribution in [2.45, 2.75) is 45.2 Å². The first kappa shape index (κ1) is 12.9. The Balaban J connectivity index is 2.47. The van der Waals surface area contributed by atoms with E-state index in [0.29, 0.717) is 0 Å². The number of likely N-dealkylation sites (tertiary alicyclic amines) is 1. The van der Waals surface area contributed by atoms with Crippen LogP contribution in [-0.2, 0) is 0 Å². The zero-order valence-electron chi connectivity index (χ0n) is 10.8.